The molecular weight excluding hydrogens is 196 g/mol. The molecule has 2 aliphatic rings. The third kappa shape index (κ3) is 0.966. The zero-order valence-electron chi connectivity index (χ0n) is 5.14. The zero-order valence-corrected chi connectivity index (χ0v) is 7.54. The minimum atomic E-state index is 0.884. The monoisotopic (exact) mass is 204 g/mol. The molecular formula is C7H9BrS. The van der Waals surface area contributed by atoms with E-state index in [0.29, 0.717) is 0 Å². The molecule has 2 heteroatoms. The molecule has 2 atom stereocenters. The van der Waals surface area contributed by atoms with Crippen molar-refractivity contribution in [1.82, 2.24) is 0 Å². The van der Waals surface area contributed by atoms with Crippen molar-refractivity contribution in [2.24, 2.45) is 5.92 Å². The molecule has 0 aromatic rings. The van der Waals surface area contributed by atoms with Crippen molar-refractivity contribution in [1.29, 1.82) is 0 Å². The molecule has 0 spiro atoms. The van der Waals surface area contributed by atoms with Gasteiger partial charge in [0.15, 0.2) is 0 Å². The second-order valence-corrected chi connectivity index (χ2v) is 4.74. The average Bonchev–Trinajstić information content (AvgIpc) is 2.35. The average molecular weight is 205 g/mol. The van der Waals surface area contributed by atoms with Crippen LogP contribution in [0.15, 0.2) is 9.89 Å². The van der Waals surface area contributed by atoms with Crippen molar-refractivity contribution in [3.05, 3.63) is 9.89 Å². The van der Waals surface area contributed by atoms with Crippen LogP contribution in [0.1, 0.15) is 19.3 Å². The summed E-state index contributed by atoms with van der Waals surface area (Å²) in [7, 11) is 0. The second-order valence-electron chi connectivity index (χ2n) is 2.71. The maximum Gasteiger partial charge on any atom is 0.0163 e. The van der Waals surface area contributed by atoms with E-state index < -0.39 is 0 Å². The number of thioether (sulfide) groups is 1. The Morgan fingerprint density at radius 1 is 1.56 bits per heavy atom. The van der Waals surface area contributed by atoms with Gasteiger partial charge in [-0.25, -0.2) is 0 Å². The molecule has 1 fully saturated rings. The first-order valence-corrected chi connectivity index (χ1v) is 5.12. The topological polar surface area (TPSA) is 0 Å². The molecule has 50 valence electrons. The first-order valence-electron chi connectivity index (χ1n) is 3.39. The van der Waals surface area contributed by atoms with Crippen molar-refractivity contribution in [3.63, 3.8) is 0 Å². The SMILES string of the molecule is BrC1=CSC2CCCC12. The van der Waals surface area contributed by atoms with Gasteiger partial charge in [-0.15, -0.1) is 11.8 Å². The number of allylic oxidation sites excluding steroid dienone is 1. The van der Waals surface area contributed by atoms with Crippen LogP contribution in [0.4, 0.5) is 0 Å². The van der Waals surface area contributed by atoms with Gasteiger partial charge in [0, 0.05) is 15.7 Å². The highest BCUT2D eigenvalue weighted by molar-refractivity contribution is 9.11. The zero-order chi connectivity index (χ0) is 6.27. The van der Waals surface area contributed by atoms with Gasteiger partial charge in [-0.2, -0.15) is 0 Å². The summed E-state index contributed by atoms with van der Waals surface area (Å²) < 4.78 is 1.45. The molecule has 2 unspecified atom stereocenters. The lowest BCUT2D eigenvalue weighted by atomic mass is 10.1. The molecule has 9 heavy (non-hydrogen) atoms. The first-order chi connectivity index (χ1) is 4.38. The highest BCUT2D eigenvalue weighted by Gasteiger charge is 2.32. The maximum absolute atomic E-state index is 3.59. The molecule has 1 aliphatic carbocycles. The van der Waals surface area contributed by atoms with Crippen molar-refractivity contribution < 1.29 is 0 Å². The van der Waals surface area contributed by atoms with E-state index in [0.717, 1.165) is 11.2 Å². The Hall–Kier alpha value is 0.570. The lowest BCUT2D eigenvalue weighted by Crippen LogP contribution is -2.02. The smallest absolute Gasteiger partial charge is 0.0163 e. The Morgan fingerprint density at radius 3 is 3.22 bits per heavy atom. The third-order valence-electron chi connectivity index (χ3n) is 2.16. The molecule has 0 nitrogen and oxygen atoms in total. The molecule has 1 saturated carbocycles. The highest BCUT2D eigenvalue weighted by atomic mass is 79.9. The normalized spacial score (nSPS) is 40.8. The third-order valence-corrected chi connectivity index (χ3v) is 4.59. The van der Waals surface area contributed by atoms with Crippen LogP contribution in [0.3, 0.4) is 0 Å². The Labute approximate surface area is 68.2 Å². The quantitative estimate of drug-likeness (QED) is 0.585. The van der Waals surface area contributed by atoms with Crippen LogP contribution in [0, 0.1) is 5.92 Å². The van der Waals surface area contributed by atoms with Crippen molar-refractivity contribution >= 4 is 27.7 Å². The predicted molar refractivity (Wildman–Crippen MR) is 45.7 cm³/mol. The van der Waals surface area contributed by atoms with Crippen molar-refractivity contribution in [3.8, 4) is 0 Å². The molecule has 1 aliphatic heterocycles. The highest BCUT2D eigenvalue weighted by Crippen LogP contribution is 2.47. The van der Waals surface area contributed by atoms with E-state index in [1.807, 2.05) is 11.8 Å². The Kier molecular flexibility index (Phi) is 1.62. The van der Waals surface area contributed by atoms with Gasteiger partial charge in [0.25, 0.3) is 0 Å². The van der Waals surface area contributed by atoms with E-state index in [1.54, 1.807) is 0 Å². The van der Waals surface area contributed by atoms with Crippen LogP contribution in [0.25, 0.3) is 0 Å². The minimum absolute atomic E-state index is 0.884. The Balaban J connectivity index is 2.16. The second kappa shape index (κ2) is 2.31. The Bertz CT molecular complexity index is 153. The largest absolute Gasteiger partial charge is 0.129 e. The predicted octanol–water partition coefficient (Wildman–Crippen LogP) is 3.14. The lowest BCUT2D eigenvalue weighted by molar-refractivity contribution is 0.702. The maximum atomic E-state index is 3.59. The van der Waals surface area contributed by atoms with Crippen LogP contribution in [-0.2, 0) is 0 Å². The van der Waals surface area contributed by atoms with Crippen LogP contribution >= 0.6 is 27.7 Å². The van der Waals surface area contributed by atoms with E-state index in [-0.39, 0.29) is 0 Å². The number of halogens is 1. The first kappa shape index (κ1) is 6.29. The summed E-state index contributed by atoms with van der Waals surface area (Å²) in [6.07, 6.45) is 4.28. The van der Waals surface area contributed by atoms with Crippen LogP contribution in [0.2, 0.25) is 0 Å². The molecule has 2 rings (SSSR count). The molecule has 0 bridgehead atoms. The van der Waals surface area contributed by atoms with E-state index in [1.165, 1.54) is 23.7 Å². The fraction of sp³-hybridized carbons (Fsp3) is 0.714. The van der Waals surface area contributed by atoms with E-state index in [2.05, 4.69) is 21.3 Å². The summed E-state index contributed by atoms with van der Waals surface area (Å²) in [5.41, 5.74) is 0. The van der Waals surface area contributed by atoms with Gasteiger partial charge in [-0.3, -0.25) is 0 Å². The number of fused-ring (bicyclic) bond motifs is 1. The molecule has 0 radical (unpaired) electrons. The number of hydrogen-bond donors (Lipinski definition) is 0. The van der Waals surface area contributed by atoms with Gasteiger partial charge in [-0.1, -0.05) is 22.4 Å². The van der Waals surface area contributed by atoms with Crippen LogP contribution in [0.5, 0.6) is 0 Å². The summed E-state index contributed by atoms with van der Waals surface area (Å²) in [4.78, 5) is 0. The van der Waals surface area contributed by atoms with E-state index >= 15 is 0 Å². The fourth-order valence-electron chi connectivity index (χ4n) is 1.64. The standard InChI is InChI=1S/C7H9BrS/c8-6-4-9-7-3-1-2-5(6)7/h4-5,7H,1-3H2. The fourth-order valence-corrected chi connectivity index (χ4v) is 3.95. The van der Waals surface area contributed by atoms with Gasteiger partial charge in [0.2, 0.25) is 0 Å². The summed E-state index contributed by atoms with van der Waals surface area (Å²) in [5, 5.41) is 3.20. The molecule has 0 amide bonds. The van der Waals surface area contributed by atoms with Crippen LogP contribution in [-0.4, -0.2) is 5.25 Å². The summed E-state index contributed by atoms with van der Waals surface area (Å²) in [6, 6.07) is 0. The van der Waals surface area contributed by atoms with Gasteiger partial charge in [0.1, 0.15) is 0 Å². The molecule has 0 N–H and O–H groups in total. The van der Waals surface area contributed by atoms with Crippen molar-refractivity contribution in [2.75, 3.05) is 0 Å². The lowest BCUT2D eigenvalue weighted by Gasteiger charge is -2.06. The van der Waals surface area contributed by atoms with E-state index in [9.17, 15) is 0 Å². The minimum Gasteiger partial charge on any atom is -0.129 e. The molecule has 0 saturated heterocycles. The summed E-state index contributed by atoms with van der Waals surface area (Å²) >= 11 is 5.60. The Morgan fingerprint density at radius 2 is 2.44 bits per heavy atom. The van der Waals surface area contributed by atoms with Gasteiger partial charge in [-0.05, 0) is 18.2 Å². The number of hydrogen-bond acceptors (Lipinski definition) is 1. The summed E-state index contributed by atoms with van der Waals surface area (Å²) in [5.74, 6) is 0.884. The summed E-state index contributed by atoms with van der Waals surface area (Å²) in [6.45, 7) is 0. The molecule has 0 aromatic heterocycles. The number of rotatable bonds is 0. The van der Waals surface area contributed by atoms with Gasteiger partial charge >= 0.3 is 0 Å². The molecule has 1 heterocycles. The van der Waals surface area contributed by atoms with Gasteiger partial charge in [0.05, 0.1) is 0 Å². The van der Waals surface area contributed by atoms with Gasteiger partial charge < -0.3 is 0 Å². The molecule has 0 aromatic carbocycles. The van der Waals surface area contributed by atoms with E-state index in [4.69, 9.17) is 0 Å². The van der Waals surface area contributed by atoms with Crippen LogP contribution < -0.4 is 0 Å². The van der Waals surface area contributed by atoms with Crippen molar-refractivity contribution in [2.45, 2.75) is 24.5 Å².